The summed E-state index contributed by atoms with van der Waals surface area (Å²) in [4.78, 5) is 9.74. The maximum Gasteiger partial charge on any atom is 0.121 e. The summed E-state index contributed by atoms with van der Waals surface area (Å²) in [6.07, 6.45) is 5.89. The van der Waals surface area contributed by atoms with Crippen LogP contribution >= 0.6 is 0 Å². The van der Waals surface area contributed by atoms with Crippen LogP contribution in [0.1, 0.15) is 129 Å². The van der Waals surface area contributed by atoms with Crippen molar-refractivity contribution < 1.29 is 30.3 Å². The average Bonchev–Trinajstić information content (AvgIpc) is 3.96. The molecule has 0 amide bonds. The summed E-state index contributed by atoms with van der Waals surface area (Å²) in [5, 5.41) is 2.14. The van der Waals surface area contributed by atoms with Crippen molar-refractivity contribution in [1.29, 1.82) is 0 Å². The number of furan rings is 1. The molecule has 0 unspecified atom stereocenters. The molecule has 3 heterocycles. The molecule has 6 heteroatoms. The van der Waals surface area contributed by atoms with E-state index < -0.39 is 5.89 Å². The number of nitrogens with zero attached hydrogens (tertiary/aromatic N) is 3. The summed E-state index contributed by atoms with van der Waals surface area (Å²) in [7, 11) is 0. The van der Waals surface area contributed by atoms with Crippen LogP contribution in [0.5, 0.6) is 0 Å². The number of halogens is 1. The van der Waals surface area contributed by atoms with Gasteiger partial charge in [-0.05, 0) is 135 Å². The van der Waals surface area contributed by atoms with Gasteiger partial charge in [-0.3, -0.25) is 9.37 Å². The average molecular weight is 1130 g/mol. The van der Waals surface area contributed by atoms with Gasteiger partial charge < -0.3 is 14.0 Å². The molecule has 72 heavy (non-hydrogen) atoms. The molecule has 0 bridgehead atoms. The van der Waals surface area contributed by atoms with Crippen LogP contribution in [0.25, 0.3) is 83.6 Å². The number of hydrogen-bond donors (Lipinski definition) is 0. The van der Waals surface area contributed by atoms with Gasteiger partial charge in [0, 0.05) is 44.6 Å². The molecule has 1 aliphatic carbocycles. The molecule has 7 aromatic carbocycles. The number of pyridine rings is 1. The van der Waals surface area contributed by atoms with Gasteiger partial charge >= 0.3 is 0 Å². The van der Waals surface area contributed by atoms with Crippen molar-refractivity contribution in [2.45, 2.75) is 111 Å². The van der Waals surface area contributed by atoms with E-state index in [0.717, 1.165) is 98.0 Å². The predicted octanol–water partition coefficient (Wildman–Crippen LogP) is 18.6. The fourth-order valence-corrected chi connectivity index (χ4v) is 10.1. The molecule has 0 aliphatic heterocycles. The van der Waals surface area contributed by atoms with E-state index >= 15 is 0 Å². The first-order valence-electron chi connectivity index (χ1n) is 25.8. The molecule has 1 fully saturated rings. The van der Waals surface area contributed by atoms with Crippen LogP contribution in [-0.4, -0.2) is 14.5 Å². The molecule has 1 radical (unpaired) electrons. The monoisotopic (exact) mass is 1130 g/mol. The van der Waals surface area contributed by atoms with Crippen LogP contribution in [0, 0.1) is 23.4 Å². The van der Waals surface area contributed by atoms with E-state index in [9.17, 15) is 5.76 Å². The first kappa shape index (κ1) is 49.1. The Bertz CT molecular complexity index is 3510. The minimum atomic E-state index is -0.507. The second kappa shape index (κ2) is 20.6. The Morgan fingerprint density at radius 2 is 1.39 bits per heavy atom. The summed E-state index contributed by atoms with van der Waals surface area (Å²) in [6, 6.07) is 58.1. The van der Waals surface area contributed by atoms with Crippen molar-refractivity contribution in [2.24, 2.45) is 5.41 Å². The van der Waals surface area contributed by atoms with Gasteiger partial charge in [0.2, 0.25) is 0 Å². The number of rotatable bonds is 8. The molecule has 1 aliphatic rings. The maximum atomic E-state index is 12.8. The summed E-state index contributed by atoms with van der Waals surface area (Å²) in [6.45, 7) is 20.3. The van der Waals surface area contributed by atoms with Crippen molar-refractivity contribution in [3.8, 4) is 50.6 Å². The quantitative estimate of drug-likeness (QED) is 0.142. The Balaban J connectivity index is 0.000000310. The van der Waals surface area contributed by atoms with Crippen molar-refractivity contribution in [3.63, 3.8) is 0 Å². The molecule has 4 nitrogen and oxygen atoms in total. The Morgan fingerprint density at radius 3 is 2.03 bits per heavy atom. The summed E-state index contributed by atoms with van der Waals surface area (Å²) in [5.41, 5.74) is 17.3. The SMILES string of the molecule is CC(C)(C)c1ccc(-c2[c-]cc(F)cc2)nc1.[2H]C1(c2ccc(-c3cc(C(C)C)c(-n4c(-c5[c-]ccc6c5oc5cc(-c7ccccc7)ccc56)nc5ccccc54)c(C(C)C)c3)cc2)CCC(C)(C)CC1.[Ir]. The Morgan fingerprint density at radius 1 is 0.722 bits per heavy atom. The van der Waals surface area contributed by atoms with Crippen molar-refractivity contribution in [3.05, 3.63) is 198 Å². The number of para-hydroxylation sites is 2. The van der Waals surface area contributed by atoms with Gasteiger partial charge in [-0.2, -0.15) is 0 Å². The van der Waals surface area contributed by atoms with E-state index in [1.165, 1.54) is 45.6 Å². The molecule has 0 saturated heterocycles. The van der Waals surface area contributed by atoms with E-state index in [1.807, 2.05) is 24.4 Å². The van der Waals surface area contributed by atoms with Gasteiger partial charge in [0.05, 0.1) is 22.4 Å². The van der Waals surface area contributed by atoms with Crippen LogP contribution in [0.4, 0.5) is 4.39 Å². The maximum absolute atomic E-state index is 12.8. The largest absolute Gasteiger partial charge is 0.501 e. The van der Waals surface area contributed by atoms with Crippen LogP contribution in [0.15, 0.2) is 162 Å². The first-order chi connectivity index (χ1) is 34.5. The zero-order valence-corrected chi connectivity index (χ0v) is 45.4. The predicted molar refractivity (Wildman–Crippen MR) is 294 cm³/mol. The summed E-state index contributed by atoms with van der Waals surface area (Å²) >= 11 is 0. The molecule has 0 atom stereocenters. The number of imidazole rings is 1. The minimum Gasteiger partial charge on any atom is -0.501 e. The van der Waals surface area contributed by atoms with Gasteiger partial charge in [0.25, 0.3) is 0 Å². The van der Waals surface area contributed by atoms with E-state index in [1.54, 1.807) is 6.07 Å². The van der Waals surface area contributed by atoms with Crippen LogP contribution in [0.2, 0.25) is 0 Å². The summed E-state index contributed by atoms with van der Waals surface area (Å²) < 4.78 is 31.3. The molecule has 1 saturated carbocycles. The molecule has 367 valence electrons. The van der Waals surface area contributed by atoms with E-state index in [4.69, 9.17) is 9.40 Å². The molecular weight excluding hydrogens is 1060 g/mol. The van der Waals surface area contributed by atoms with Gasteiger partial charge in [0.15, 0.2) is 0 Å². The Hall–Kier alpha value is -6.46. The van der Waals surface area contributed by atoms with E-state index in [0.29, 0.717) is 5.41 Å². The second-order valence-corrected chi connectivity index (χ2v) is 21.8. The van der Waals surface area contributed by atoms with Crippen molar-refractivity contribution >= 4 is 33.0 Å². The number of aromatic nitrogens is 3. The number of fused-ring (bicyclic) bond motifs is 4. The zero-order chi connectivity index (χ0) is 50.5. The summed E-state index contributed by atoms with van der Waals surface area (Å²) in [5.74, 6) is 0.523. The van der Waals surface area contributed by atoms with Gasteiger partial charge in [-0.15, -0.1) is 48.0 Å². The third kappa shape index (κ3) is 10.3. The van der Waals surface area contributed by atoms with Gasteiger partial charge in [-0.25, -0.2) is 0 Å². The topological polar surface area (TPSA) is 43.9 Å². The van der Waals surface area contributed by atoms with Crippen LogP contribution in [0.3, 0.4) is 0 Å². The third-order valence-corrected chi connectivity index (χ3v) is 14.5. The number of benzene rings is 7. The fourth-order valence-electron chi connectivity index (χ4n) is 10.1. The van der Waals surface area contributed by atoms with E-state index in [2.05, 4.69) is 199 Å². The molecule has 10 aromatic rings. The standard InChI is InChI=1S/C51H49N2O.C15H15FN.Ir/c1-32(2)43-29-39(36-21-19-35(20-22-36)37-25-27-51(5,6)28-26-37)30-44(33(3)4)48(43)53-46-18-11-10-17-45(46)52-50(53)42-16-12-15-41-40-24-23-38(31-47(40)54-49(41)42)34-13-8-7-9-14-34;1-15(2,3)12-6-9-14(17-10-12)11-4-7-13(16)8-5-11;/h7-15,17-24,29-33,37H,25-28H2,1-6H3;4,6-10H,1-3H3;/q2*-1;/i37D;;. The smallest absolute Gasteiger partial charge is 0.121 e. The van der Waals surface area contributed by atoms with Crippen LogP contribution in [-0.2, 0) is 25.5 Å². The van der Waals surface area contributed by atoms with E-state index in [-0.39, 0.29) is 43.2 Å². The third-order valence-electron chi connectivity index (χ3n) is 14.5. The molecular formula is C66H64FIrN3O-2. The van der Waals surface area contributed by atoms with Crippen LogP contribution < -0.4 is 0 Å². The molecule has 0 N–H and O–H groups in total. The Kier molecular flexibility index (Phi) is 14.0. The Labute approximate surface area is 440 Å². The van der Waals surface area contributed by atoms with Gasteiger partial charge in [-0.1, -0.05) is 164 Å². The normalized spacial score (nSPS) is 14.6. The van der Waals surface area contributed by atoms with Crippen molar-refractivity contribution in [2.75, 3.05) is 0 Å². The molecule has 11 rings (SSSR count). The van der Waals surface area contributed by atoms with Gasteiger partial charge in [0.1, 0.15) is 5.58 Å². The zero-order valence-electron chi connectivity index (χ0n) is 44.0. The minimum absolute atomic E-state index is 0. The fraction of sp³-hybridized carbons (Fsp3) is 0.273. The number of hydrogen-bond acceptors (Lipinski definition) is 3. The molecule has 0 spiro atoms. The van der Waals surface area contributed by atoms with Crippen molar-refractivity contribution in [1.82, 2.24) is 14.5 Å². The first-order valence-corrected chi connectivity index (χ1v) is 25.3. The molecule has 3 aromatic heterocycles. The second-order valence-electron chi connectivity index (χ2n) is 21.8.